The van der Waals surface area contributed by atoms with Gasteiger partial charge in [-0.2, -0.15) is 0 Å². The molecule has 3 aromatic rings. The van der Waals surface area contributed by atoms with Crippen molar-refractivity contribution in [2.24, 2.45) is 5.73 Å². The molecule has 1 aliphatic rings. The Kier molecular flexibility index (Phi) is 10.2. The molecule has 0 aliphatic carbocycles. The summed E-state index contributed by atoms with van der Waals surface area (Å²) in [6.45, 7) is 0.944. The summed E-state index contributed by atoms with van der Waals surface area (Å²) in [6, 6.07) is 20.7. The first-order chi connectivity index (χ1) is 19.4. The Balaban J connectivity index is 1.70. The summed E-state index contributed by atoms with van der Waals surface area (Å²) in [5.74, 6) is -1.40. The lowest BCUT2D eigenvalue weighted by atomic mass is 9.84. The minimum atomic E-state index is -0.918. The third-order valence-electron chi connectivity index (χ3n) is 7.01. The zero-order valence-corrected chi connectivity index (χ0v) is 23.2. The van der Waals surface area contributed by atoms with Crippen LogP contribution in [0.4, 0.5) is 0 Å². The number of carbonyl (C=O) groups is 3. The van der Waals surface area contributed by atoms with Crippen molar-refractivity contribution in [1.29, 1.82) is 5.41 Å². The highest BCUT2D eigenvalue weighted by Gasteiger charge is 2.37. The van der Waals surface area contributed by atoms with Crippen LogP contribution in [0.5, 0.6) is 0 Å². The van der Waals surface area contributed by atoms with Crippen LogP contribution in [0, 0.1) is 5.41 Å². The minimum Gasteiger partial charge on any atom is -0.469 e. The molecule has 10 heteroatoms. The summed E-state index contributed by atoms with van der Waals surface area (Å²) >= 11 is 1.22. The lowest BCUT2D eigenvalue weighted by Gasteiger charge is -2.30. The monoisotopic (exact) mass is 561 g/mol. The van der Waals surface area contributed by atoms with Crippen LogP contribution in [-0.2, 0) is 19.1 Å². The maximum absolute atomic E-state index is 14.2. The van der Waals surface area contributed by atoms with E-state index in [4.69, 9.17) is 15.9 Å². The number of ketones is 1. The lowest BCUT2D eigenvalue weighted by Crippen LogP contribution is -2.52. The number of hydrogen-bond donors (Lipinski definition) is 5. The van der Waals surface area contributed by atoms with E-state index in [1.54, 1.807) is 12.1 Å². The summed E-state index contributed by atoms with van der Waals surface area (Å²) < 4.78 is 4.80. The Morgan fingerprint density at radius 3 is 2.23 bits per heavy atom. The van der Waals surface area contributed by atoms with Gasteiger partial charge in [-0.05, 0) is 42.6 Å². The van der Waals surface area contributed by atoms with E-state index in [1.165, 1.54) is 18.4 Å². The molecule has 0 radical (unpaired) electrons. The number of amides is 1. The van der Waals surface area contributed by atoms with Gasteiger partial charge in [-0.25, -0.2) is 0 Å². The first-order valence-corrected chi connectivity index (χ1v) is 14.1. The third kappa shape index (κ3) is 7.20. The van der Waals surface area contributed by atoms with Gasteiger partial charge in [0.1, 0.15) is 11.9 Å². The molecule has 6 N–H and O–H groups in total. The molecule has 2 aromatic carbocycles. The fourth-order valence-corrected chi connectivity index (χ4v) is 5.92. The maximum atomic E-state index is 14.2. The highest BCUT2D eigenvalue weighted by atomic mass is 32.1. The molecule has 1 aliphatic heterocycles. The van der Waals surface area contributed by atoms with Crippen LogP contribution in [-0.4, -0.2) is 55.8 Å². The third-order valence-corrected chi connectivity index (χ3v) is 8.19. The number of ether oxygens (including phenoxy) is 1. The van der Waals surface area contributed by atoms with Gasteiger partial charge >= 0.3 is 5.97 Å². The van der Waals surface area contributed by atoms with Crippen LogP contribution >= 0.6 is 11.3 Å². The Labute approximate surface area is 238 Å². The van der Waals surface area contributed by atoms with E-state index in [9.17, 15) is 14.4 Å². The normalized spacial score (nSPS) is 16.3. The van der Waals surface area contributed by atoms with Crippen molar-refractivity contribution >= 4 is 34.8 Å². The van der Waals surface area contributed by atoms with Gasteiger partial charge in [0.2, 0.25) is 5.91 Å². The Hall–Kier alpha value is -3.86. The lowest BCUT2D eigenvalue weighted by molar-refractivity contribution is -0.140. The number of nitrogen functional groups attached to an aromatic ring is 1. The summed E-state index contributed by atoms with van der Waals surface area (Å²) in [7, 11) is 1.33. The zero-order chi connectivity index (χ0) is 28.5. The zero-order valence-electron chi connectivity index (χ0n) is 22.4. The first-order valence-electron chi connectivity index (χ1n) is 13.3. The predicted molar refractivity (Wildman–Crippen MR) is 155 cm³/mol. The smallest absolute Gasteiger partial charge is 0.306 e. The van der Waals surface area contributed by atoms with Crippen molar-refractivity contribution < 1.29 is 19.1 Å². The van der Waals surface area contributed by atoms with Crippen LogP contribution < -0.4 is 21.7 Å². The molecular formula is C30H35N5O4S. The molecule has 4 rings (SSSR count). The molecule has 9 nitrogen and oxygen atoms in total. The molecule has 3 atom stereocenters. The molecule has 0 bridgehead atoms. The second kappa shape index (κ2) is 14.0. The molecule has 1 fully saturated rings. The molecule has 0 saturated carbocycles. The SMILES string of the molecule is COC(=O)CCN[C@@H](C(=O)NC(C(=O)[C@@H]1CCCN1)c1ccc(C(=N)N)s1)C(c1ccccc1)c1ccccc1. The molecule has 1 saturated heterocycles. The average Bonchev–Trinajstić information content (AvgIpc) is 3.69. The first kappa shape index (κ1) is 29.1. The molecule has 1 unspecified atom stereocenters. The fraction of sp³-hybridized carbons (Fsp3) is 0.333. The number of thiophene rings is 1. The van der Waals surface area contributed by atoms with E-state index < -0.39 is 24.0 Å². The van der Waals surface area contributed by atoms with Gasteiger partial charge in [0, 0.05) is 17.3 Å². The fourth-order valence-electron chi connectivity index (χ4n) is 4.99. The van der Waals surface area contributed by atoms with Gasteiger partial charge in [0.15, 0.2) is 5.78 Å². The number of carbonyl (C=O) groups excluding carboxylic acids is 3. The Morgan fingerprint density at radius 1 is 1.05 bits per heavy atom. The molecule has 1 amide bonds. The van der Waals surface area contributed by atoms with E-state index in [-0.39, 0.29) is 36.5 Å². The van der Waals surface area contributed by atoms with Crippen LogP contribution in [0.3, 0.4) is 0 Å². The molecule has 2 heterocycles. The van der Waals surface area contributed by atoms with E-state index in [2.05, 4.69) is 16.0 Å². The molecule has 40 heavy (non-hydrogen) atoms. The van der Waals surface area contributed by atoms with Crippen molar-refractivity contribution in [2.75, 3.05) is 20.2 Å². The predicted octanol–water partition coefficient (Wildman–Crippen LogP) is 2.86. The second-order valence-electron chi connectivity index (χ2n) is 9.67. The van der Waals surface area contributed by atoms with Crippen molar-refractivity contribution in [2.45, 2.75) is 43.3 Å². The van der Waals surface area contributed by atoms with Gasteiger partial charge in [0.05, 0.1) is 30.5 Å². The summed E-state index contributed by atoms with van der Waals surface area (Å²) in [5.41, 5.74) is 7.52. The molecule has 210 valence electrons. The highest BCUT2D eigenvalue weighted by molar-refractivity contribution is 7.14. The number of hydrogen-bond acceptors (Lipinski definition) is 8. The standard InChI is InChI=1S/C30H35N5O4S/c1-39-24(36)16-18-34-27(25(19-9-4-2-5-10-19)20-11-6-3-7-12-20)30(38)35-26(28(37)21-13-8-17-33-21)22-14-15-23(40-22)29(31)32/h2-7,9-12,14-15,21,25-27,33-34H,8,13,16-18H2,1H3,(H3,31,32)(H,35,38)/t21-,26?,27+/m0/s1. The van der Waals surface area contributed by atoms with Crippen molar-refractivity contribution in [3.05, 3.63) is 93.7 Å². The number of methoxy groups -OCH3 is 1. The summed E-state index contributed by atoms with van der Waals surface area (Å²) in [6.07, 6.45) is 1.65. The molecular weight excluding hydrogens is 526 g/mol. The van der Waals surface area contributed by atoms with Gasteiger partial charge in [-0.1, -0.05) is 60.7 Å². The van der Waals surface area contributed by atoms with E-state index in [1.807, 2.05) is 60.7 Å². The van der Waals surface area contributed by atoms with E-state index in [0.29, 0.717) is 16.2 Å². The Morgan fingerprint density at radius 2 is 1.70 bits per heavy atom. The number of amidine groups is 1. The largest absolute Gasteiger partial charge is 0.469 e. The van der Waals surface area contributed by atoms with Crippen molar-refractivity contribution in [3.8, 4) is 0 Å². The van der Waals surface area contributed by atoms with E-state index >= 15 is 0 Å². The van der Waals surface area contributed by atoms with Gasteiger partial charge in [0.25, 0.3) is 0 Å². The number of benzene rings is 2. The molecule has 0 spiro atoms. The molecule has 1 aromatic heterocycles. The number of esters is 1. The van der Waals surface area contributed by atoms with Crippen molar-refractivity contribution in [3.63, 3.8) is 0 Å². The number of Topliss-reactive ketones (excluding diaryl/α,β-unsaturated/α-hetero) is 1. The Bertz CT molecular complexity index is 1270. The highest BCUT2D eigenvalue weighted by Crippen LogP contribution is 2.31. The van der Waals surface area contributed by atoms with Gasteiger partial charge < -0.3 is 26.4 Å². The minimum absolute atomic E-state index is 0.0812. The quantitative estimate of drug-likeness (QED) is 0.123. The van der Waals surface area contributed by atoms with Crippen LogP contribution in [0.25, 0.3) is 0 Å². The number of rotatable bonds is 13. The van der Waals surface area contributed by atoms with Crippen LogP contribution in [0.15, 0.2) is 72.8 Å². The van der Waals surface area contributed by atoms with Gasteiger partial charge in [-0.15, -0.1) is 11.3 Å². The average molecular weight is 562 g/mol. The topological polar surface area (TPSA) is 146 Å². The number of nitrogens with two attached hydrogens (primary N) is 1. The number of nitrogens with one attached hydrogen (secondary N) is 4. The van der Waals surface area contributed by atoms with Gasteiger partial charge in [-0.3, -0.25) is 19.8 Å². The summed E-state index contributed by atoms with van der Waals surface area (Å²) in [4.78, 5) is 40.9. The van der Waals surface area contributed by atoms with Crippen molar-refractivity contribution in [1.82, 2.24) is 16.0 Å². The van der Waals surface area contributed by atoms with Crippen LogP contribution in [0.2, 0.25) is 0 Å². The van der Waals surface area contributed by atoms with Crippen LogP contribution in [0.1, 0.15) is 52.1 Å². The summed E-state index contributed by atoms with van der Waals surface area (Å²) in [5, 5.41) is 17.3. The second-order valence-corrected chi connectivity index (χ2v) is 10.8. The maximum Gasteiger partial charge on any atom is 0.306 e. The van der Waals surface area contributed by atoms with E-state index in [0.717, 1.165) is 24.1 Å².